The van der Waals surface area contributed by atoms with E-state index >= 15 is 0 Å². The highest BCUT2D eigenvalue weighted by Crippen LogP contribution is 2.66. The number of carbonyl (C=O) groups excluding carboxylic acids is 1. The molecule has 5 atom stereocenters. The Morgan fingerprint density at radius 2 is 1.98 bits per heavy atom. The number of alkyl halides is 3. The molecule has 236 valence electrons. The van der Waals surface area contributed by atoms with Crippen molar-refractivity contribution in [2.45, 2.75) is 100 Å². The molecular weight excluding hydrogens is 569 g/mol. The third-order valence-corrected chi connectivity index (χ3v) is 11.0. The first-order chi connectivity index (χ1) is 21.1. The van der Waals surface area contributed by atoms with Gasteiger partial charge in [0.05, 0.1) is 22.6 Å². The lowest BCUT2D eigenvalue weighted by Gasteiger charge is -2.65. The van der Waals surface area contributed by atoms with Gasteiger partial charge in [0.25, 0.3) is 0 Å². The van der Waals surface area contributed by atoms with Crippen LogP contribution in [0, 0.1) is 5.92 Å². The zero-order chi connectivity index (χ0) is 30.9. The molecule has 7 rings (SSSR count). The van der Waals surface area contributed by atoms with Crippen LogP contribution in [0.15, 0.2) is 42.5 Å². The molecular formula is C35H41F3N2O4. The lowest BCUT2D eigenvalue weighted by Crippen LogP contribution is -2.78. The molecule has 2 saturated carbocycles. The summed E-state index contributed by atoms with van der Waals surface area (Å²) < 4.78 is 46.6. The number of likely N-dealkylation sites (tertiary alicyclic amines) is 1. The Hall–Kier alpha value is -3.04. The molecule has 6 nitrogen and oxygen atoms in total. The molecule has 0 aromatic heterocycles. The maximum absolute atomic E-state index is 14.0. The Kier molecular flexibility index (Phi) is 7.28. The van der Waals surface area contributed by atoms with Crippen molar-refractivity contribution in [1.82, 2.24) is 9.80 Å². The van der Waals surface area contributed by atoms with Crippen LogP contribution in [0.25, 0.3) is 6.08 Å². The number of piperidine rings is 1. The van der Waals surface area contributed by atoms with Crippen molar-refractivity contribution in [3.8, 4) is 11.5 Å². The van der Waals surface area contributed by atoms with Gasteiger partial charge in [-0.15, -0.1) is 0 Å². The molecule has 9 heteroatoms. The Labute approximate surface area is 256 Å². The molecule has 2 bridgehead atoms. The number of amides is 1. The van der Waals surface area contributed by atoms with Gasteiger partial charge in [-0.1, -0.05) is 38.0 Å². The number of unbranched alkanes of at least 4 members (excludes halogenated alkanes) is 2. The van der Waals surface area contributed by atoms with E-state index in [1.54, 1.807) is 12.1 Å². The van der Waals surface area contributed by atoms with Crippen LogP contribution < -0.4 is 4.74 Å². The molecule has 2 aromatic carbocycles. The Morgan fingerprint density at radius 1 is 1.16 bits per heavy atom. The predicted molar refractivity (Wildman–Crippen MR) is 160 cm³/mol. The van der Waals surface area contributed by atoms with E-state index in [9.17, 15) is 28.2 Å². The van der Waals surface area contributed by atoms with Crippen LogP contribution in [0.4, 0.5) is 13.2 Å². The second kappa shape index (κ2) is 10.8. The number of ether oxygens (including phenoxy) is 1. The van der Waals surface area contributed by atoms with E-state index in [4.69, 9.17) is 4.74 Å². The summed E-state index contributed by atoms with van der Waals surface area (Å²) in [5.41, 5.74) is -0.252. The molecule has 3 fully saturated rings. The number of hydrogen-bond donors (Lipinski definition) is 2. The fourth-order valence-corrected chi connectivity index (χ4v) is 8.83. The van der Waals surface area contributed by atoms with Crippen molar-refractivity contribution < 1.29 is 32.9 Å². The topological polar surface area (TPSA) is 73.2 Å². The number of phenolic OH excluding ortho intramolecular Hbond substituents is 1. The molecule has 44 heavy (non-hydrogen) atoms. The summed E-state index contributed by atoms with van der Waals surface area (Å²) in [6, 6.07) is 8.20. The quantitative estimate of drug-likeness (QED) is 0.266. The van der Waals surface area contributed by atoms with Gasteiger partial charge in [0.2, 0.25) is 5.91 Å². The number of rotatable bonds is 9. The fourth-order valence-electron chi connectivity index (χ4n) is 8.83. The molecule has 1 amide bonds. The summed E-state index contributed by atoms with van der Waals surface area (Å²) in [5.74, 6) is 0.896. The van der Waals surface area contributed by atoms with Gasteiger partial charge in [0.1, 0.15) is 6.10 Å². The standard InChI is InChI=1S/C35H41F3N2O4/c1-2-3-4-17-40(29(42)13-10-22-6-5-7-25(19-22)35(36,37)38)26-14-15-34(43)28-20-24-11-12-27(41)31-30(24)33(34,32(26)44-31)16-18-39(28)21-23-8-9-23/h5-7,10-13,19,23,26,28,32,41,43H,2-4,8-9,14-18,20-21H2,1H3/b13-10+/t26?,28-,32?,33+,34-/m1/s1. The van der Waals surface area contributed by atoms with Crippen LogP contribution in [0.3, 0.4) is 0 Å². The highest BCUT2D eigenvalue weighted by Gasteiger charge is 2.73. The van der Waals surface area contributed by atoms with E-state index in [-0.39, 0.29) is 23.7 Å². The van der Waals surface area contributed by atoms with Gasteiger partial charge in [-0.05, 0) is 92.8 Å². The highest BCUT2D eigenvalue weighted by atomic mass is 19.4. The van der Waals surface area contributed by atoms with E-state index in [1.165, 1.54) is 31.1 Å². The minimum absolute atomic E-state index is 0.0563. The minimum atomic E-state index is -4.47. The first kappa shape index (κ1) is 29.7. The van der Waals surface area contributed by atoms with Crippen LogP contribution in [-0.2, 0) is 22.8 Å². The lowest BCUT2D eigenvalue weighted by atomic mass is 9.48. The molecule has 1 saturated heterocycles. The number of halogens is 3. The van der Waals surface area contributed by atoms with Crippen molar-refractivity contribution in [3.63, 3.8) is 0 Å². The third-order valence-electron chi connectivity index (χ3n) is 11.0. The molecule has 2 N–H and O–H groups in total. The first-order valence-corrected chi connectivity index (χ1v) is 16.2. The lowest BCUT2D eigenvalue weighted by molar-refractivity contribution is -0.201. The van der Waals surface area contributed by atoms with E-state index in [0.717, 1.165) is 55.6 Å². The van der Waals surface area contributed by atoms with Gasteiger partial charge in [0.15, 0.2) is 11.5 Å². The maximum Gasteiger partial charge on any atom is 0.416 e. The maximum atomic E-state index is 14.0. The number of nitrogens with zero attached hydrogens (tertiary/aromatic N) is 2. The molecule has 2 aromatic rings. The van der Waals surface area contributed by atoms with Crippen molar-refractivity contribution in [2.75, 3.05) is 19.6 Å². The van der Waals surface area contributed by atoms with Crippen molar-refractivity contribution >= 4 is 12.0 Å². The monoisotopic (exact) mass is 610 g/mol. The van der Waals surface area contributed by atoms with Crippen molar-refractivity contribution in [1.29, 1.82) is 0 Å². The van der Waals surface area contributed by atoms with Gasteiger partial charge in [-0.2, -0.15) is 13.2 Å². The third kappa shape index (κ3) is 4.64. The van der Waals surface area contributed by atoms with Crippen molar-refractivity contribution in [2.24, 2.45) is 5.92 Å². The SMILES string of the molecule is CCCCCN(C(=O)/C=C/c1cccc(C(F)(F)F)c1)C1CC[C@@]2(O)[C@H]3Cc4ccc(O)c5c4[C@@]2(CCN3CC2CC2)C1O5. The van der Waals surface area contributed by atoms with E-state index in [2.05, 4.69) is 11.8 Å². The highest BCUT2D eigenvalue weighted by molar-refractivity contribution is 5.92. The number of carbonyl (C=O) groups is 1. The van der Waals surface area contributed by atoms with Crippen LogP contribution in [0.1, 0.15) is 80.5 Å². The Bertz CT molecular complexity index is 1470. The second-order valence-electron chi connectivity index (χ2n) is 13.6. The summed E-state index contributed by atoms with van der Waals surface area (Å²) in [4.78, 5) is 18.3. The van der Waals surface area contributed by atoms with Gasteiger partial charge in [-0.3, -0.25) is 9.69 Å². The second-order valence-corrected chi connectivity index (χ2v) is 13.6. The zero-order valence-corrected chi connectivity index (χ0v) is 25.2. The zero-order valence-electron chi connectivity index (χ0n) is 25.2. The molecule has 2 aliphatic heterocycles. The summed E-state index contributed by atoms with van der Waals surface area (Å²) in [6.07, 6.45) is 5.37. The van der Waals surface area contributed by atoms with Crippen LogP contribution in [0.2, 0.25) is 0 Å². The van der Waals surface area contributed by atoms with Crippen molar-refractivity contribution in [3.05, 3.63) is 64.7 Å². The molecule has 0 radical (unpaired) electrons. The Balaban J connectivity index is 1.24. The predicted octanol–water partition coefficient (Wildman–Crippen LogP) is 6.08. The molecule has 2 unspecified atom stereocenters. The summed E-state index contributed by atoms with van der Waals surface area (Å²) >= 11 is 0. The fraction of sp³-hybridized carbons (Fsp3) is 0.571. The molecule has 3 aliphatic carbocycles. The number of benzene rings is 2. The summed E-state index contributed by atoms with van der Waals surface area (Å²) in [6.45, 7) is 4.38. The van der Waals surface area contributed by atoms with E-state index in [1.807, 2.05) is 11.0 Å². The average molecular weight is 611 g/mol. The molecule has 5 aliphatic rings. The molecule has 1 spiro atoms. The largest absolute Gasteiger partial charge is 0.504 e. The smallest absolute Gasteiger partial charge is 0.416 e. The van der Waals surface area contributed by atoms with Crippen LogP contribution in [-0.4, -0.2) is 69.3 Å². The number of phenols is 1. The van der Waals surface area contributed by atoms with Gasteiger partial charge in [0, 0.05) is 30.8 Å². The number of hydrogen-bond acceptors (Lipinski definition) is 5. The first-order valence-electron chi connectivity index (χ1n) is 16.2. The van der Waals surface area contributed by atoms with Gasteiger partial charge >= 0.3 is 6.18 Å². The number of aliphatic hydroxyl groups is 1. The summed E-state index contributed by atoms with van der Waals surface area (Å²) in [7, 11) is 0. The summed E-state index contributed by atoms with van der Waals surface area (Å²) in [5, 5.41) is 23.8. The Morgan fingerprint density at radius 3 is 2.73 bits per heavy atom. The van der Waals surface area contributed by atoms with Gasteiger partial charge in [-0.25, -0.2) is 0 Å². The van der Waals surface area contributed by atoms with E-state index < -0.39 is 28.9 Å². The van der Waals surface area contributed by atoms with E-state index in [0.29, 0.717) is 49.5 Å². The van der Waals surface area contributed by atoms with Gasteiger partial charge < -0.3 is 19.8 Å². The molecule has 2 heterocycles. The number of aromatic hydroxyl groups is 1. The average Bonchev–Trinajstić information content (AvgIpc) is 3.74. The minimum Gasteiger partial charge on any atom is -0.504 e. The van der Waals surface area contributed by atoms with Crippen LogP contribution in [0.5, 0.6) is 11.5 Å². The van der Waals surface area contributed by atoms with Crippen LogP contribution >= 0.6 is 0 Å². The normalized spacial score (nSPS) is 30.7.